The number of aromatic nitrogens is 1. The molecule has 4 heterocycles. The molecule has 7 heteroatoms. The van der Waals surface area contributed by atoms with Crippen molar-refractivity contribution in [1.29, 1.82) is 0 Å². The molecular weight excluding hydrogens is 434 g/mol. The fourth-order valence-electron chi connectivity index (χ4n) is 5.03. The van der Waals surface area contributed by atoms with E-state index in [1.807, 2.05) is 6.20 Å². The summed E-state index contributed by atoms with van der Waals surface area (Å²) in [5, 5.41) is 6.37. The van der Waals surface area contributed by atoms with Crippen LogP contribution in [0, 0.1) is 19.8 Å². The Bertz CT molecular complexity index is 1170. The number of methoxy groups -OCH3 is 1. The number of fused-ring (bicyclic) bond motifs is 1. The fourth-order valence-corrected chi connectivity index (χ4v) is 6.23. The minimum Gasteiger partial charge on any atom is -0.488 e. The fraction of sp³-hybridized carbons (Fsp3) is 0.462. The van der Waals surface area contributed by atoms with Gasteiger partial charge in [0.1, 0.15) is 11.9 Å². The largest absolute Gasteiger partial charge is 0.488 e. The normalized spacial score (nSPS) is 23.1. The number of nitrogens with one attached hydrogen (secondary N) is 2. The van der Waals surface area contributed by atoms with Crippen molar-refractivity contribution in [2.24, 2.45) is 5.92 Å². The van der Waals surface area contributed by atoms with Crippen LogP contribution in [0.4, 0.5) is 0 Å². The third-order valence-electron chi connectivity index (χ3n) is 6.70. The van der Waals surface area contributed by atoms with E-state index in [2.05, 4.69) is 53.7 Å². The highest BCUT2D eigenvalue weighted by molar-refractivity contribution is 7.19. The first-order valence-corrected chi connectivity index (χ1v) is 12.5. The number of carbonyl (C=O) groups is 1. The summed E-state index contributed by atoms with van der Waals surface area (Å²) in [6.45, 7) is 6.78. The monoisotopic (exact) mass is 465 g/mol. The van der Waals surface area contributed by atoms with Crippen LogP contribution in [0.3, 0.4) is 0 Å². The van der Waals surface area contributed by atoms with Crippen LogP contribution in [0.15, 0.2) is 30.5 Å². The van der Waals surface area contributed by atoms with Gasteiger partial charge in [0.15, 0.2) is 0 Å². The van der Waals surface area contributed by atoms with Crippen molar-refractivity contribution in [3.8, 4) is 16.9 Å². The molecule has 2 aliphatic rings. The Morgan fingerprint density at radius 2 is 2.06 bits per heavy atom. The number of pyridine rings is 1. The predicted octanol–water partition coefficient (Wildman–Crippen LogP) is 4.01. The van der Waals surface area contributed by atoms with Crippen molar-refractivity contribution in [3.63, 3.8) is 0 Å². The zero-order valence-corrected chi connectivity index (χ0v) is 20.3. The number of hydrogen-bond donors (Lipinski definition) is 2. The first-order valence-electron chi connectivity index (χ1n) is 11.7. The molecule has 6 nitrogen and oxygen atoms in total. The van der Waals surface area contributed by atoms with Gasteiger partial charge in [0.05, 0.1) is 22.2 Å². The molecule has 2 fully saturated rings. The van der Waals surface area contributed by atoms with Crippen LogP contribution in [-0.4, -0.2) is 49.8 Å². The van der Waals surface area contributed by atoms with Gasteiger partial charge in [0.25, 0.3) is 0 Å². The summed E-state index contributed by atoms with van der Waals surface area (Å²) in [7, 11) is 1.67. The lowest BCUT2D eigenvalue weighted by molar-refractivity contribution is -0.123. The van der Waals surface area contributed by atoms with Crippen molar-refractivity contribution < 1.29 is 14.3 Å². The van der Waals surface area contributed by atoms with Crippen molar-refractivity contribution in [3.05, 3.63) is 46.5 Å². The number of aryl methyl sites for hydroxylation is 2. The zero-order chi connectivity index (χ0) is 22.9. The molecule has 0 spiro atoms. The number of amides is 1. The topological polar surface area (TPSA) is 72.5 Å². The lowest BCUT2D eigenvalue weighted by Gasteiger charge is -2.26. The van der Waals surface area contributed by atoms with Gasteiger partial charge in [-0.2, -0.15) is 0 Å². The van der Waals surface area contributed by atoms with E-state index in [4.69, 9.17) is 9.47 Å². The summed E-state index contributed by atoms with van der Waals surface area (Å²) in [5.41, 5.74) is 5.59. The molecule has 3 aromatic rings. The number of benzene rings is 1. The van der Waals surface area contributed by atoms with E-state index in [0.29, 0.717) is 13.0 Å². The van der Waals surface area contributed by atoms with Crippen molar-refractivity contribution in [2.75, 3.05) is 26.7 Å². The highest BCUT2D eigenvalue weighted by Gasteiger charge is 2.35. The number of nitrogens with zero attached hydrogens (tertiary/aromatic N) is 1. The van der Waals surface area contributed by atoms with E-state index >= 15 is 0 Å². The molecule has 0 bridgehead atoms. The van der Waals surface area contributed by atoms with E-state index in [-0.39, 0.29) is 24.0 Å². The maximum atomic E-state index is 12.3. The minimum atomic E-state index is -0.162. The van der Waals surface area contributed by atoms with Gasteiger partial charge >= 0.3 is 0 Å². The highest BCUT2D eigenvalue weighted by Crippen LogP contribution is 2.41. The molecule has 0 radical (unpaired) electrons. The van der Waals surface area contributed by atoms with Gasteiger partial charge in [0.2, 0.25) is 5.91 Å². The first kappa shape index (κ1) is 22.3. The average molecular weight is 466 g/mol. The number of carbonyl (C=O) groups excluding carboxylic acids is 1. The number of ether oxygens (including phenoxy) is 2. The quantitative estimate of drug-likeness (QED) is 0.575. The van der Waals surface area contributed by atoms with Gasteiger partial charge in [-0.05, 0) is 69.0 Å². The molecule has 2 unspecified atom stereocenters. The standard InChI is InChI=1S/C26H31N3O3S/c1-15-9-16(2)24(32-17-5-4-7-27-13-17)20(10-15)19-6-8-28-22-12-18(33-25(19)22)11-21-23(31-3)14-29-26(21)30/h6,8-10,12,17,21,23,27H,4-5,7,11,13-14H2,1-3H3,(H,29,30)/t17-,21?,23?/m0/s1. The SMILES string of the molecule is COC1CNC(=O)C1Cc1cc2nccc(-c3cc(C)cc(C)c3O[C@H]3CCCNC3)c2s1. The van der Waals surface area contributed by atoms with Gasteiger partial charge in [0, 0.05) is 42.4 Å². The Morgan fingerprint density at radius 3 is 2.85 bits per heavy atom. The second kappa shape index (κ2) is 9.41. The number of rotatable bonds is 6. The van der Waals surface area contributed by atoms with Gasteiger partial charge in [-0.15, -0.1) is 11.3 Å². The molecule has 1 amide bonds. The number of piperidine rings is 1. The minimum absolute atomic E-state index is 0.0681. The van der Waals surface area contributed by atoms with Gasteiger partial charge < -0.3 is 20.1 Å². The van der Waals surface area contributed by atoms with Gasteiger partial charge in [-0.25, -0.2) is 0 Å². The summed E-state index contributed by atoms with van der Waals surface area (Å²) in [6, 6.07) is 8.62. The van der Waals surface area contributed by atoms with E-state index < -0.39 is 0 Å². The van der Waals surface area contributed by atoms with E-state index in [1.54, 1.807) is 18.4 Å². The summed E-state index contributed by atoms with van der Waals surface area (Å²) in [5.74, 6) is 0.871. The molecule has 0 saturated carbocycles. The second-order valence-electron chi connectivity index (χ2n) is 9.16. The molecule has 2 N–H and O–H groups in total. The lowest BCUT2D eigenvalue weighted by Crippen LogP contribution is -2.37. The summed E-state index contributed by atoms with van der Waals surface area (Å²) in [4.78, 5) is 18.1. The van der Waals surface area contributed by atoms with Crippen molar-refractivity contribution >= 4 is 27.5 Å². The maximum absolute atomic E-state index is 12.3. The van der Waals surface area contributed by atoms with E-state index in [1.165, 1.54) is 5.56 Å². The summed E-state index contributed by atoms with van der Waals surface area (Å²) >= 11 is 1.72. The van der Waals surface area contributed by atoms with Crippen LogP contribution in [0.5, 0.6) is 5.75 Å². The molecular formula is C26H31N3O3S. The first-order chi connectivity index (χ1) is 16.0. The predicted molar refractivity (Wildman–Crippen MR) is 132 cm³/mol. The van der Waals surface area contributed by atoms with Crippen LogP contribution in [0.25, 0.3) is 21.3 Å². The molecule has 2 aromatic heterocycles. The van der Waals surface area contributed by atoms with E-state index in [0.717, 1.165) is 63.5 Å². The molecule has 174 valence electrons. The Balaban J connectivity index is 1.53. The maximum Gasteiger partial charge on any atom is 0.226 e. The smallest absolute Gasteiger partial charge is 0.226 e. The Hall–Kier alpha value is -2.48. The third kappa shape index (κ3) is 4.50. The number of thiophene rings is 1. The number of hydrogen-bond acceptors (Lipinski definition) is 6. The third-order valence-corrected chi connectivity index (χ3v) is 7.88. The lowest BCUT2D eigenvalue weighted by atomic mass is 9.98. The molecule has 2 saturated heterocycles. The van der Waals surface area contributed by atoms with Crippen LogP contribution < -0.4 is 15.4 Å². The summed E-state index contributed by atoms with van der Waals surface area (Å²) in [6.07, 6.45) is 4.84. The van der Waals surface area contributed by atoms with Crippen LogP contribution in [0.2, 0.25) is 0 Å². The van der Waals surface area contributed by atoms with Gasteiger partial charge in [-0.1, -0.05) is 6.07 Å². The second-order valence-corrected chi connectivity index (χ2v) is 10.3. The van der Waals surface area contributed by atoms with Crippen LogP contribution in [-0.2, 0) is 16.0 Å². The Kier molecular flexibility index (Phi) is 6.36. The molecule has 5 rings (SSSR count). The average Bonchev–Trinajstić information content (AvgIpc) is 3.39. The van der Waals surface area contributed by atoms with Crippen LogP contribution >= 0.6 is 11.3 Å². The molecule has 1 aromatic carbocycles. The Morgan fingerprint density at radius 1 is 1.18 bits per heavy atom. The van der Waals surface area contributed by atoms with Crippen molar-refractivity contribution in [1.82, 2.24) is 15.6 Å². The zero-order valence-electron chi connectivity index (χ0n) is 19.4. The Labute approximate surface area is 198 Å². The van der Waals surface area contributed by atoms with E-state index in [9.17, 15) is 4.79 Å². The molecule has 33 heavy (non-hydrogen) atoms. The summed E-state index contributed by atoms with van der Waals surface area (Å²) < 4.78 is 13.3. The van der Waals surface area contributed by atoms with Crippen molar-refractivity contribution in [2.45, 2.75) is 45.3 Å². The van der Waals surface area contributed by atoms with Crippen LogP contribution in [0.1, 0.15) is 28.8 Å². The molecule has 2 aliphatic heterocycles. The molecule has 3 atom stereocenters. The molecule has 0 aliphatic carbocycles. The highest BCUT2D eigenvalue weighted by atomic mass is 32.1. The van der Waals surface area contributed by atoms with Gasteiger partial charge in [-0.3, -0.25) is 9.78 Å².